The Morgan fingerprint density at radius 3 is 2.35 bits per heavy atom. The van der Waals surface area contributed by atoms with Gasteiger partial charge in [-0.2, -0.15) is 0 Å². The van der Waals surface area contributed by atoms with Crippen LogP contribution in [0.3, 0.4) is 0 Å². The molecule has 0 unspecified atom stereocenters. The third kappa shape index (κ3) is 2.34. The van der Waals surface area contributed by atoms with Gasteiger partial charge in [-0.1, -0.05) is 12.1 Å². The number of aromatic nitrogens is 1. The monoisotopic (exact) mass is 311 g/mol. The van der Waals surface area contributed by atoms with E-state index < -0.39 is 7.12 Å². The smallest absolute Gasteiger partial charge is 0.399 e. The summed E-state index contributed by atoms with van der Waals surface area (Å²) in [6.07, 6.45) is 4.11. The van der Waals surface area contributed by atoms with Crippen LogP contribution in [-0.4, -0.2) is 22.9 Å². The van der Waals surface area contributed by atoms with Crippen LogP contribution < -0.4 is 11.0 Å². The number of benzene rings is 1. The van der Waals surface area contributed by atoms with Gasteiger partial charge in [-0.25, -0.2) is 0 Å². The molecule has 1 aliphatic carbocycles. The van der Waals surface area contributed by atoms with Crippen LogP contribution >= 0.6 is 0 Å². The highest BCUT2D eigenvalue weighted by Gasteiger charge is 2.51. The standard InChI is InChI=1S/C18H22BNO3/c1-17(2)18(3,4)23-19(22-17)13-6-5-12-9-10-20(14-7-8-14)16(21)15(12)11-13/h5-6,9-11,14H,7-8H2,1-4H3. The molecule has 2 aliphatic rings. The van der Waals surface area contributed by atoms with Crippen LogP contribution in [0.15, 0.2) is 35.3 Å². The molecule has 4 rings (SSSR count). The number of hydrogen-bond donors (Lipinski definition) is 0. The Bertz CT molecular complexity index is 820. The normalized spacial score (nSPS) is 22.7. The zero-order valence-corrected chi connectivity index (χ0v) is 14.1. The second-order valence-corrected chi connectivity index (χ2v) is 7.69. The van der Waals surface area contributed by atoms with Crippen molar-refractivity contribution in [3.8, 4) is 0 Å². The molecule has 23 heavy (non-hydrogen) atoms. The molecule has 1 aromatic heterocycles. The van der Waals surface area contributed by atoms with Gasteiger partial charge in [0.05, 0.1) is 11.2 Å². The van der Waals surface area contributed by atoms with Gasteiger partial charge in [0.2, 0.25) is 0 Å². The number of rotatable bonds is 2. The molecule has 0 radical (unpaired) electrons. The molecule has 0 atom stereocenters. The lowest BCUT2D eigenvalue weighted by atomic mass is 9.78. The molecule has 0 amide bonds. The third-order valence-electron chi connectivity index (χ3n) is 5.42. The molecule has 4 nitrogen and oxygen atoms in total. The minimum atomic E-state index is -0.432. The van der Waals surface area contributed by atoms with E-state index in [9.17, 15) is 4.79 Å². The van der Waals surface area contributed by atoms with E-state index in [0.717, 1.165) is 29.1 Å². The van der Waals surface area contributed by atoms with Crippen molar-refractivity contribution in [3.05, 3.63) is 40.8 Å². The van der Waals surface area contributed by atoms with E-state index in [-0.39, 0.29) is 16.8 Å². The van der Waals surface area contributed by atoms with E-state index in [0.29, 0.717) is 6.04 Å². The molecule has 1 aliphatic heterocycles. The van der Waals surface area contributed by atoms with Crippen molar-refractivity contribution < 1.29 is 9.31 Å². The topological polar surface area (TPSA) is 40.5 Å². The number of nitrogens with zero attached hydrogens (tertiary/aromatic N) is 1. The van der Waals surface area contributed by atoms with Crippen LogP contribution in [0.1, 0.15) is 46.6 Å². The molecule has 2 heterocycles. The molecule has 0 N–H and O–H groups in total. The van der Waals surface area contributed by atoms with Crippen molar-refractivity contribution >= 4 is 23.4 Å². The minimum Gasteiger partial charge on any atom is -0.399 e. The Kier molecular flexibility index (Phi) is 3.07. The summed E-state index contributed by atoms with van der Waals surface area (Å²) in [5.41, 5.74) is 0.236. The second-order valence-electron chi connectivity index (χ2n) is 7.69. The molecule has 5 heteroatoms. The lowest BCUT2D eigenvalue weighted by Crippen LogP contribution is -2.41. The summed E-state index contributed by atoms with van der Waals surface area (Å²) in [6, 6.07) is 8.30. The van der Waals surface area contributed by atoms with Gasteiger partial charge in [-0.15, -0.1) is 0 Å². The van der Waals surface area contributed by atoms with Crippen molar-refractivity contribution in [2.24, 2.45) is 0 Å². The SMILES string of the molecule is CC1(C)OB(c2ccc3ccn(C4CC4)c(=O)c3c2)OC1(C)C. The van der Waals surface area contributed by atoms with Crippen molar-refractivity contribution in [2.45, 2.75) is 57.8 Å². The molecule has 1 saturated carbocycles. The van der Waals surface area contributed by atoms with Crippen molar-refractivity contribution in [1.29, 1.82) is 0 Å². The summed E-state index contributed by atoms with van der Waals surface area (Å²) in [5.74, 6) is 0. The van der Waals surface area contributed by atoms with E-state index in [1.165, 1.54) is 0 Å². The summed E-state index contributed by atoms with van der Waals surface area (Å²) in [6.45, 7) is 8.14. The summed E-state index contributed by atoms with van der Waals surface area (Å²) in [7, 11) is -0.432. The van der Waals surface area contributed by atoms with Gasteiger partial charge in [0.1, 0.15) is 0 Å². The first kappa shape index (κ1) is 15.0. The molecule has 1 aromatic carbocycles. The highest BCUT2D eigenvalue weighted by atomic mass is 16.7. The molecule has 120 valence electrons. The maximum atomic E-state index is 12.7. The molecule has 1 saturated heterocycles. The Balaban J connectivity index is 1.77. The summed E-state index contributed by atoms with van der Waals surface area (Å²) < 4.78 is 14.1. The predicted octanol–water partition coefficient (Wildman–Crippen LogP) is 2.64. The minimum absolute atomic E-state index is 0.0865. The Hall–Kier alpha value is -1.59. The maximum absolute atomic E-state index is 12.7. The molecule has 2 fully saturated rings. The van der Waals surface area contributed by atoms with Gasteiger partial charge in [-0.05, 0) is 63.5 Å². The first-order valence-electron chi connectivity index (χ1n) is 8.29. The average molecular weight is 311 g/mol. The Labute approximate surface area is 136 Å². The van der Waals surface area contributed by atoms with Gasteiger partial charge in [0.15, 0.2) is 0 Å². The van der Waals surface area contributed by atoms with E-state index in [1.807, 2.05) is 62.7 Å². The van der Waals surface area contributed by atoms with Crippen LogP contribution in [-0.2, 0) is 9.31 Å². The maximum Gasteiger partial charge on any atom is 0.494 e. The first-order chi connectivity index (χ1) is 10.8. The largest absolute Gasteiger partial charge is 0.494 e. The Morgan fingerprint density at radius 2 is 1.74 bits per heavy atom. The highest BCUT2D eigenvalue weighted by Crippen LogP contribution is 2.37. The molecule has 0 spiro atoms. The first-order valence-corrected chi connectivity index (χ1v) is 8.29. The van der Waals surface area contributed by atoms with Crippen molar-refractivity contribution in [2.75, 3.05) is 0 Å². The van der Waals surface area contributed by atoms with Gasteiger partial charge in [0.25, 0.3) is 5.56 Å². The van der Waals surface area contributed by atoms with Gasteiger partial charge in [-0.3, -0.25) is 4.79 Å². The fourth-order valence-electron chi connectivity index (χ4n) is 3.04. The van der Waals surface area contributed by atoms with E-state index in [4.69, 9.17) is 9.31 Å². The van der Waals surface area contributed by atoms with E-state index >= 15 is 0 Å². The molecular weight excluding hydrogens is 289 g/mol. The van der Waals surface area contributed by atoms with Crippen LogP contribution in [0.4, 0.5) is 0 Å². The summed E-state index contributed by atoms with van der Waals surface area (Å²) in [5, 5.41) is 1.71. The number of pyridine rings is 1. The van der Waals surface area contributed by atoms with Gasteiger partial charge >= 0.3 is 7.12 Å². The van der Waals surface area contributed by atoms with Gasteiger partial charge < -0.3 is 13.9 Å². The molecule has 0 bridgehead atoms. The second kappa shape index (κ2) is 4.71. The Morgan fingerprint density at radius 1 is 1.09 bits per heavy atom. The van der Waals surface area contributed by atoms with Crippen LogP contribution in [0.2, 0.25) is 0 Å². The fourth-order valence-corrected chi connectivity index (χ4v) is 3.04. The lowest BCUT2D eigenvalue weighted by molar-refractivity contribution is 0.00578. The van der Waals surface area contributed by atoms with Crippen molar-refractivity contribution in [1.82, 2.24) is 4.57 Å². The van der Waals surface area contributed by atoms with Crippen molar-refractivity contribution in [3.63, 3.8) is 0 Å². The summed E-state index contributed by atoms with van der Waals surface area (Å²) >= 11 is 0. The highest BCUT2D eigenvalue weighted by molar-refractivity contribution is 6.62. The molecule has 2 aromatic rings. The lowest BCUT2D eigenvalue weighted by Gasteiger charge is -2.32. The zero-order chi connectivity index (χ0) is 16.4. The fraction of sp³-hybridized carbons (Fsp3) is 0.500. The van der Waals surface area contributed by atoms with E-state index in [2.05, 4.69) is 0 Å². The van der Waals surface area contributed by atoms with Crippen LogP contribution in [0.5, 0.6) is 0 Å². The van der Waals surface area contributed by atoms with E-state index in [1.54, 1.807) is 0 Å². The molecular formula is C18H22BNO3. The average Bonchev–Trinajstić information content (AvgIpc) is 3.27. The van der Waals surface area contributed by atoms with Crippen LogP contribution in [0.25, 0.3) is 10.8 Å². The van der Waals surface area contributed by atoms with Crippen LogP contribution in [0, 0.1) is 0 Å². The number of fused-ring (bicyclic) bond motifs is 1. The predicted molar refractivity (Wildman–Crippen MR) is 92.2 cm³/mol. The summed E-state index contributed by atoms with van der Waals surface area (Å²) in [4.78, 5) is 12.7. The van der Waals surface area contributed by atoms with Gasteiger partial charge in [0, 0.05) is 17.6 Å². The quantitative estimate of drug-likeness (QED) is 0.801. The third-order valence-corrected chi connectivity index (χ3v) is 5.42. The zero-order valence-electron chi connectivity index (χ0n) is 14.1. The number of hydrogen-bond acceptors (Lipinski definition) is 3.